The molecule has 0 amide bonds. The zero-order valence-corrected chi connectivity index (χ0v) is 17.5. The van der Waals surface area contributed by atoms with E-state index in [2.05, 4.69) is 11.9 Å². The van der Waals surface area contributed by atoms with Crippen LogP contribution in [0.15, 0.2) is 12.3 Å². The van der Waals surface area contributed by atoms with Crippen LogP contribution in [0.5, 0.6) is 0 Å². The summed E-state index contributed by atoms with van der Waals surface area (Å²) in [6.45, 7) is 4.14. The third-order valence-electron chi connectivity index (χ3n) is 5.04. The third kappa shape index (κ3) is 10.0. The van der Waals surface area contributed by atoms with Crippen LogP contribution in [0.2, 0.25) is 0 Å². The van der Waals surface area contributed by atoms with Crippen molar-refractivity contribution in [2.45, 2.75) is 97.1 Å². The van der Waals surface area contributed by atoms with Gasteiger partial charge in [-0.15, -0.1) is 0 Å². The van der Waals surface area contributed by atoms with E-state index in [9.17, 15) is 4.79 Å². The Labute approximate surface area is 160 Å². The Hall–Kier alpha value is -1.29. The SMILES string of the molecule is CCCCCCCCCCCCCc1c[nH]c(C(=O)OC(C)N(C)C)c1. The molecule has 1 atom stereocenters. The highest BCUT2D eigenvalue weighted by Gasteiger charge is 2.15. The van der Waals surface area contributed by atoms with Crippen LogP contribution < -0.4 is 0 Å². The number of esters is 1. The Kier molecular flexibility index (Phi) is 12.1. The highest BCUT2D eigenvalue weighted by molar-refractivity contribution is 5.87. The minimum atomic E-state index is -0.281. The Morgan fingerprint density at radius 1 is 1.00 bits per heavy atom. The molecule has 1 aromatic heterocycles. The summed E-state index contributed by atoms with van der Waals surface area (Å²) in [7, 11) is 3.79. The molecule has 1 N–H and O–H groups in total. The molecule has 4 nitrogen and oxygen atoms in total. The maximum absolute atomic E-state index is 12.1. The number of rotatable bonds is 15. The number of aromatic nitrogens is 1. The zero-order valence-electron chi connectivity index (χ0n) is 17.5. The predicted molar refractivity (Wildman–Crippen MR) is 110 cm³/mol. The molecular weight excluding hydrogens is 324 g/mol. The normalized spacial score (nSPS) is 12.5. The number of H-pyrrole nitrogens is 1. The summed E-state index contributed by atoms with van der Waals surface area (Å²) in [6.07, 6.45) is 17.7. The van der Waals surface area contributed by atoms with Gasteiger partial charge in [-0.3, -0.25) is 4.90 Å². The lowest BCUT2D eigenvalue weighted by atomic mass is 10.0. The van der Waals surface area contributed by atoms with Crippen molar-refractivity contribution in [3.8, 4) is 0 Å². The fraction of sp³-hybridized carbons (Fsp3) is 0.773. The van der Waals surface area contributed by atoms with E-state index in [0.717, 1.165) is 6.42 Å². The molecule has 0 radical (unpaired) electrons. The van der Waals surface area contributed by atoms with Crippen LogP contribution in [-0.4, -0.2) is 36.2 Å². The summed E-state index contributed by atoms with van der Waals surface area (Å²) in [5.41, 5.74) is 1.75. The number of carbonyl (C=O) groups is 1. The molecule has 0 saturated heterocycles. The van der Waals surface area contributed by atoms with Crippen LogP contribution in [0.1, 0.15) is 101 Å². The number of aromatic amines is 1. The molecule has 0 aliphatic heterocycles. The number of hydrogen-bond donors (Lipinski definition) is 1. The highest BCUT2D eigenvalue weighted by atomic mass is 16.6. The summed E-state index contributed by atoms with van der Waals surface area (Å²) in [5.74, 6) is -0.281. The lowest BCUT2D eigenvalue weighted by molar-refractivity contribution is -0.00598. The Balaban J connectivity index is 2.06. The molecule has 0 aliphatic rings. The minimum Gasteiger partial charge on any atom is -0.442 e. The topological polar surface area (TPSA) is 45.3 Å². The van der Waals surface area contributed by atoms with E-state index in [-0.39, 0.29) is 12.2 Å². The summed E-state index contributed by atoms with van der Waals surface area (Å²) in [4.78, 5) is 17.0. The number of carbonyl (C=O) groups excluding carboxylic acids is 1. The monoisotopic (exact) mass is 364 g/mol. The number of ether oxygens (including phenoxy) is 1. The van der Waals surface area contributed by atoms with Crippen LogP contribution in [0, 0.1) is 0 Å². The largest absolute Gasteiger partial charge is 0.442 e. The van der Waals surface area contributed by atoms with Gasteiger partial charge in [-0.1, -0.05) is 71.1 Å². The van der Waals surface area contributed by atoms with Gasteiger partial charge in [0.2, 0.25) is 0 Å². The number of nitrogens with zero attached hydrogens (tertiary/aromatic N) is 1. The van der Waals surface area contributed by atoms with Gasteiger partial charge in [-0.05, 0) is 45.5 Å². The molecule has 0 spiro atoms. The lowest BCUT2D eigenvalue weighted by Crippen LogP contribution is -2.30. The molecule has 1 unspecified atom stereocenters. The maximum Gasteiger partial charge on any atom is 0.356 e. The van der Waals surface area contributed by atoms with Gasteiger partial charge in [0.15, 0.2) is 6.23 Å². The molecule has 0 aliphatic carbocycles. The van der Waals surface area contributed by atoms with Gasteiger partial charge in [0, 0.05) is 6.20 Å². The van der Waals surface area contributed by atoms with Gasteiger partial charge in [0.25, 0.3) is 0 Å². The molecule has 0 aromatic carbocycles. The molecule has 1 aromatic rings. The van der Waals surface area contributed by atoms with E-state index in [4.69, 9.17) is 4.74 Å². The van der Waals surface area contributed by atoms with E-state index in [1.54, 1.807) is 0 Å². The second kappa shape index (κ2) is 13.9. The zero-order chi connectivity index (χ0) is 19.2. The van der Waals surface area contributed by atoms with Crippen molar-refractivity contribution in [2.75, 3.05) is 14.1 Å². The third-order valence-corrected chi connectivity index (χ3v) is 5.04. The average Bonchev–Trinajstić information content (AvgIpc) is 3.08. The first-order valence-electron chi connectivity index (χ1n) is 10.6. The minimum absolute atomic E-state index is 0.221. The molecular formula is C22H40N2O2. The van der Waals surface area contributed by atoms with E-state index >= 15 is 0 Å². The Bertz CT molecular complexity index is 482. The van der Waals surface area contributed by atoms with Crippen LogP contribution in [-0.2, 0) is 11.2 Å². The molecule has 0 bridgehead atoms. The molecule has 4 heteroatoms. The summed E-state index contributed by atoms with van der Waals surface area (Å²) >= 11 is 0. The summed E-state index contributed by atoms with van der Waals surface area (Å²) in [5, 5.41) is 0. The van der Waals surface area contributed by atoms with Crippen LogP contribution in [0.4, 0.5) is 0 Å². The maximum atomic E-state index is 12.1. The molecule has 1 rings (SSSR count). The fourth-order valence-corrected chi connectivity index (χ4v) is 3.02. The molecule has 26 heavy (non-hydrogen) atoms. The van der Waals surface area contributed by atoms with Crippen molar-refractivity contribution >= 4 is 5.97 Å². The Morgan fingerprint density at radius 3 is 2.08 bits per heavy atom. The van der Waals surface area contributed by atoms with E-state index in [1.165, 1.54) is 76.2 Å². The van der Waals surface area contributed by atoms with E-state index in [0.29, 0.717) is 5.69 Å². The van der Waals surface area contributed by atoms with E-state index < -0.39 is 0 Å². The fourth-order valence-electron chi connectivity index (χ4n) is 3.02. The first kappa shape index (κ1) is 22.8. The Morgan fingerprint density at radius 2 is 1.54 bits per heavy atom. The van der Waals surface area contributed by atoms with Crippen molar-refractivity contribution in [1.82, 2.24) is 9.88 Å². The molecule has 0 saturated carbocycles. The quantitative estimate of drug-likeness (QED) is 0.238. The van der Waals surface area contributed by atoms with Crippen LogP contribution in [0.25, 0.3) is 0 Å². The van der Waals surface area contributed by atoms with Gasteiger partial charge >= 0.3 is 5.97 Å². The van der Waals surface area contributed by atoms with Gasteiger partial charge in [-0.25, -0.2) is 4.79 Å². The second-order valence-electron chi connectivity index (χ2n) is 7.68. The van der Waals surface area contributed by atoms with Crippen molar-refractivity contribution in [1.29, 1.82) is 0 Å². The molecule has 0 fully saturated rings. The lowest BCUT2D eigenvalue weighted by Gasteiger charge is -2.19. The smallest absolute Gasteiger partial charge is 0.356 e. The average molecular weight is 365 g/mol. The standard InChI is InChI=1S/C22H40N2O2/c1-5-6-7-8-9-10-11-12-13-14-15-16-20-17-21(23-18-20)22(25)26-19(2)24(3)4/h17-19,23H,5-16H2,1-4H3. The van der Waals surface area contributed by atoms with Crippen molar-refractivity contribution in [3.05, 3.63) is 23.5 Å². The summed E-state index contributed by atoms with van der Waals surface area (Å²) < 4.78 is 5.38. The van der Waals surface area contributed by atoms with Crippen molar-refractivity contribution in [2.24, 2.45) is 0 Å². The number of hydrogen-bond acceptors (Lipinski definition) is 3. The van der Waals surface area contributed by atoms with Gasteiger partial charge < -0.3 is 9.72 Å². The summed E-state index contributed by atoms with van der Waals surface area (Å²) in [6, 6.07) is 1.93. The van der Waals surface area contributed by atoms with E-state index in [1.807, 2.05) is 38.2 Å². The van der Waals surface area contributed by atoms with Crippen molar-refractivity contribution in [3.63, 3.8) is 0 Å². The van der Waals surface area contributed by atoms with Crippen LogP contribution in [0.3, 0.4) is 0 Å². The predicted octanol–water partition coefficient (Wildman–Crippen LogP) is 5.93. The number of unbranched alkanes of at least 4 members (excludes halogenated alkanes) is 10. The first-order valence-corrected chi connectivity index (χ1v) is 10.6. The van der Waals surface area contributed by atoms with Gasteiger partial charge in [0.05, 0.1) is 0 Å². The molecule has 150 valence electrons. The number of nitrogens with one attached hydrogen (secondary N) is 1. The second-order valence-corrected chi connectivity index (χ2v) is 7.68. The van der Waals surface area contributed by atoms with Gasteiger partial charge in [-0.2, -0.15) is 0 Å². The van der Waals surface area contributed by atoms with Crippen molar-refractivity contribution < 1.29 is 9.53 Å². The van der Waals surface area contributed by atoms with Crippen LogP contribution >= 0.6 is 0 Å². The number of aryl methyl sites for hydroxylation is 1. The van der Waals surface area contributed by atoms with Gasteiger partial charge in [0.1, 0.15) is 5.69 Å². The first-order chi connectivity index (χ1) is 12.5. The molecule has 1 heterocycles. The highest BCUT2D eigenvalue weighted by Crippen LogP contribution is 2.14.